The first kappa shape index (κ1) is 42.3. The molecule has 73 heavy (non-hydrogen) atoms. The van der Waals surface area contributed by atoms with Crippen LogP contribution in [0.3, 0.4) is 0 Å². The van der Waals surface area contributed by atoms with Crippen molar-refractivity contribution in [2.24, 2.45) is 0 Å². The van der Waals surface area contributed by atoms with Crippen LogP contribution in [0.2, 0.25) is 0 Å². The van der Waals surface area contributed by atoms with Crippen molar-refractivity contribution in [1.82, 2.24) is 28.7 Å². The first-order chi connectivity index (χ1) is 35.8. The number of fused-ring (bicyclic) bond motifs is 9. The Kier molecular flexibility index (Phi) is 9.56. The molecule has 14 aromatic rings. The predicted octanol–water partition coefficient (Wildman–Crippen LogP) is 16.8. The van der Waals surface area contributed by atoms with E-state index in [0.717, 1.165) is 84.2 Å². The zero-order valence-electron chi connectivity index (χ0n) is 38.8. The van der Waals surface area contributed by atoms with Crippen LogP contribution in [-0.2, 0) is 6.18 Å². The van der Waals surface area contributed by atoms with Gasteiger partial charge >= 0.3 is 6.18 Å². The molecule has 14 rings (SSSR count). The maximum Gasteiger partial charge on any atom is 0.416 e. The van der Waals surface area contributed by atoms with Crippen LogP contribution in [0, 0.1) is 0 Å². The van der Waals surface area contributed by atoms with Crippen LogP contribution in [0.25, 0.3) is 128 Å². The van der Waals surface area contributed by atoms with Crippen LogP contribution < -0.4 is 0 Å². The SMILES string of the molecule is FC(F)(F)c1ccc(-c2cc(-n3c4ccc(-n5c6ccccc6c6ccccc65)cc4c4cc(-n5c6ccccc6c6ccccc65)ccc43)ccc2-c2nc(-c3ccccc3)nc(-c3ccccc3)n2)cc1. The molecule has 0 aliphatic carbocycles. The Hall–Kier alpha value is -9.60. The summed E-state index contributed by atoms with van der Waals surface area (Å²) in [5.41, 5.74) is 12.0. The van der Waals surface area contributed by atoms with E-state index in [1.165, 1.54) is 33.7 Å². The third-order valence-corrected chi connectivity index (χ3v) is 14.1. The summed E-state index contributed by atoms with van der Waals surface area (Å²) in [6, 6.07) is 78.2. The largest absolute Gasteiger partial charge is 0.416 e. The van der Waals surface area contributed by atoms with Crippen molar-refractivity contribution >= 4 is 65.4 Å². The fraction of sp³-hybridized carbons (Fsp3) is 0.0156. The Morgan fingerprint density at radius 3 is 1.05 bits per heavy atom. The fourth-order valence-corrected chi connectivity index (χ4v) is 10.8. The van der Waals surface area contributed by atoms with E-state index in [1.807, 2.05) is 72.8 Å². The topological polar surface area (TPSA) is 53.5 Å². The lowest BCUT2D eigenvalue weighted by Gasteiger charge is -2.16. The molecule has 0 fully saturated rings. The minimum Gasteiger partial charge on any atom is -0.309 e. The lowest BCUT2D eigenvalue weighted by atomic mass is 9.97. The van der Waals surface area contributed by atoms with Gasteiger partial charge in [-0.15, -0.1) is 0 Å². The average Bonchev–Trinajstić information content (AvgIpc) is 4.09. The summed E-state index contributed by atoms with van der Waals surface area (Å²) in [7, 11) is 0. The molecule has 0 radical (unpaired) electrons. The average molecular weight is 949 g/mol. The number of hydrogen-bond acceptors (Lipinski definition) is 3. The van der Waals surface area contributed by atoms with Gasteiger partial charge < -0.3 is 13.7 Å². The zero-order valence-corrected chi connectivity index (χ0v) is 38.8. The molecule has 0 spiro atoms. The summed E-state index contributed by atoms with van der Waals surface area (Å²) < 4.78 is 49.3. The van der Waals surface area contributed by atoms with Crippen LogP contribution in [0.4, 0.5) is 13.2 Å². The van der Waals surface area contributed by atoms with E-state index < -0.39 is 11.7 Å². The number of rotatable bonds is 7. The molecule has 0 unspecified atom stereocenters. The number of alkyl halides is 3. The summed E-state index contributed by atoms with van der Waals surface area (Å²) in [6.07, 6.45) is -4.51. The molecule has 346 valence electrons. The van der Waals surface area contributed by atoms with E-state index in [2.05, 4.69) is 153 Å². The van der Waals surface area contributed by atoms with Gasteiger partial charge in [0.15, 0.2) is 17.5 Å². The Morgan fingerprint density at radius 1 is 0.274 bits per heavy atom. The monoisotopic (exact) mass is 948 g/mol. The van der Waals surface area contributed by atoms with E-state index in [1.54, 1.807) is 0 Å². The molecule has 0 bridgehead atoms. The molecule has 0 amide bonds. The highest BCUT2D eigenvalue weighted by Crippen LogP contribution is 2.42. The normalized spacial score (nSPS) is 12.0. The van der Waals surface area contributed by atoms with Gasteiger partial charge in [-0.05, 0) is 102 Å². The summed E-state index contributed by atoms with van der Waals surface area (Å²) in [5.74, 6) is 1.35. The molecule has 0 N–H and O–H groups in total. The second kappa shape index (κ2) is 16.5. The minimum atomic E-state index is -4.51. The van der Waals surface area contributed by atoms with E-state index in [-0.39, 0.29) is 0 Å². The smallest absolute Gasteiger partial charge is 0.309 e. The highest BCUT2D eigenvalue weighted by atomic mass is 19.4. The highest BCUT2D eigenvalue weighted by molar-refractivity contribution is 6.14. The van der Waals surface area contributed by atoms with E-state index in [9.17, 15) is 13.2 Å². The van der Waals surface area contributed by atoms with Crippen molar-refractivity contribution in [3.8, 4) is 62.4 Å². The molecule has 10 aromatic carbocycles. The lowest BCUT2D eigenvalue weighted by Crippen LogP contribution is -2.04. The maximum absolute atomic E-state index is 14.1. The maximum atomic E-state index is 14.1. The summed E-state index contributed by atoms with van der Waals surface area (Å²) in [4.78, 5) is 15.1. The highest BCUT2D eigenvalue weighted by Gasteiger charge is 2.30. The van der Waals surface area contributed by atoms with Gasteiger partial charge in [-0.1, -0.05) is 146 Å². The zero-order chi connectivity index (χ0) is 48.8. The number of nitrogens with zero attached hydrogens (tertiary/aromatic N) is 6. The van der Waals surface area contributed by atoms with Gasteiger partial charge in [-0.25, -0.2) is 15.0 Å². The van der Waals surface area contributed by atoms with Gasteiger partial charge in [0.2, 0.25) is 0 Å². The van der Waals surface area contributed by atoms with Crippen LogP contribution in [0.15, 0.2) is 237 Å². The van der Waals surface area contributed by atoms with Crippen LogP contribution in [0.1, 0.15) is 5.56 Å². The Bertz CT molecular complexity index is 4140. The standard InChI is InChI=1S/C64H39F3N6/c65-64(66,67)43-29-27-40(28-30-43)52-37-44(31-34-51(52)63-69-61(41-15-3-1-4-16-41)68-62(70-63)42-17-5-2-6-18-42)73-59-35-32-45(71-55-23-11-7-19-47(55)48-20-8-12-24-56(48)71)38-53(59)54-39-46(33-36-60(54)73)72-57-25-13-9-21-49(57)50-22-10-14-26-58(50)72/h1-39H. The first-order valence-corrected chi connectivity index (χ1v) is 24.1. The van der Waals surface area contributed by atoms with Gasteiger partial charge in [0.05, 0.1) is 38.7 Å². The van der Waals surface area contributed by atoms with Crippen molar-refractivity contribution in [3.63, 3.8) is 0 Å². The molecule has 0 aliphatic heterocycles. The quantitative estimate of drug-likeness (QED) is 0.160. The second-order valence-electron chi connectivity index (χ2n) is 18.3. The fourth-order valence-electron chi connectivity index (χ4n) is 10.8. The summed E-state index contributed by atoms with van der Waals surface area (Å²) >= 11 is 0. The molecule has 0 saturated carbocycles. The molecule has 6 nitrogen and oxygen atoms in total. The molecular formula is C64H39F3N6. The van der Waals surface area contributed by atoms with Gasteiger partial charge in [-0.3, -0.25) is 0 Å². The lowest BCUT2D eigenvalue weighted by molar-refractivity contribution is -0.137. The third-order valence-electron chi connectivity index (χ3n) is 14.1. The van der Waals surface area contributed by atoms with Crippen molar-refractivity contribution in [3.05, 3.63) is 242 Å². The van der Waals surface area contributed by atoms with Gasteiger partial charge in [0.25, 0.3) is 0 Å². The van der Waals surface area contributed by atoms with Crippen molar-refractivity contribution in [2.45, 2.75) is 6.18 Å². The van der Waals surface area contributed by atoms with Gasteiger partial charge in [-0.2, -0.15) is 13.2 Å². The van der Waals surface area contributed by atoms with E-state index in [0.29, 0.717) is 34.2 Å². The predicted molar refractivity (Wildman–Crippen MR) is 290 cm³/mol. The molecule has 0 aliphatic rings. The Labute approximate surface area is 416 Å². The summed E-state index contributed by atoms with van der Waals surface area (Å²) in [5, 5.41) is 6.78. The van der Waals surface area contributed by atoms with Crippen LogP contribution in [0.5, 0.6) is 0 Å². The first-order valence-electron chi connectivity index (χ1n) is 24.1. The minimum absolute atomic E-state index is 0.392. The second-order valence-corrected chi connectivity index (χ2v) is 18.3. The third kappa shape index (κ3) is 6.92. The number of para-hydroxylation sites is 4. The molecule has 4 aromatic heterocycles. The molecule has 0 atom stereocenters. The van der Waals surface area contributed by atoms with Crippen LogP contribution in [-0.4, -0.2) is 28.7 Å². The van der Waals surface area contributed by atoms with Crippen molar-refractivity contribution in [2.75, 3.05) is 0 Å². The molecule has 0 saturated heterocycles. The number of aromatic nitrogens is 6. The molecule has 4 heterocycles. The molecular weight excluding hydrogens is 910 g/mol. The number of benzene rings is 10. The Balaban J connectivity index is 1.03. The summed E-state index contributed by atoms with van der Waals surface area (Å²) in [6.45, 7) is 0. The van der Waals surface area contributed by atoms with E-state index in [4.69, 9.17) is 15.0 Å². The number of halogens is 3. The Morgan fingerprint density at radius 2 is 0.630 bits per heavy atom. The number of hydrogen-bond donors (Lipinski definition) is 0. The van der Waals surface area contributed by atoms with Crippen molar-refractivity contribution < 1.29 is 13.2 Å². The van der Waals surface area contributed by atoms with Crippen LogP contribution >= 0.6 is 0 Å². The van der Waals surface area contributed by atoms with Gasteiger partial charge in [0.1, 0.15) is 0 Å². The van der Waals surface area contributed by atoms with Gasteiger partial charge in [0, 0.05) is 66.1 Å². The molecule has 9 heteroatoms. The van der Waals surface area contributed by atoms with Crippen molar-refractivity contribution in [1.29, 1.82) is 0 Å². The van der Waals surface area contributed by atoms with E-state index >= 15 is 0 Å².